The molecule has 3 heteroatoms. The van der Waals surface area contributed by atoms with E-state index in [1.54, 1.807) is 18.6 Å². The maximum atomic E-state index is 13.2. The highest BCUT2D eigenvalue weighted by atomic mass is 16.3. The van der Waals surface area contributed by atoms with Crippen LogP contribution in [0, 0.1) is 28.6 Å². The smallest absolute Gasteiger partial charge is 0.165 e. The summed E-state index contributed by atoms with van der Waals surface area (Å²) in [4.78, 5) is 25.5. The number of hydrogen-bond acceptors (Lipinski definition) is 3. The van der Waals surface area contributed by atoms with Crippen LogP contribution in [0.3, 0.4) is 0 Å². The van der Waals surface area contributed by atoms with Gasteiger partial charge in [-0.2, -0.15) is 0 Å². The van der Waals surface area contributed by atoms with Crippen molar-refractivity contribution in [2.24, 2.45) is 28.6 Å². The highest BCUT2D eigenvalue weighted by Crippen LogP contribution is 2.68. The summed E-state index contributed by atoms with van der Waals surface area (Å²) in [5.74, 6) is 0.571. The summed E-state index contributed by atoms with van der Waals surface area (Å²) < 4.78 is 0. The monoisotopic (exact) mass is 398 g/mol. The van der Waals surface area contributed by atoms with Crippen molar-refractivity contribution in [2.45, 2.75) is 97.5 Å². The predicted octanol–water partition coefficient (Wildman–Crippen LogP) is 5.56. The minimum Gasteiger partial charge on any atom is -0.389 e. The number of carbonyl (C=O) groups is 2. The van der Waals surface area contributed by atoms with Crippen molar-refractivity contribution < 1.29 is 14.7 Å². The molecule has 0 amide bonds. The van der Waals surface area contributed by atoms with Gasteiger partial charge in [-0.3, -0.25) is 9.59 Å². The largest absolute Gasteiger partial charge is 0.389 e. The first-order valence-electron chi connectivity index (χ1n) is 11.8. The maximum Gasteiger partial charge on any atom is 0.165 e. The number of ketones is 2. The zero-order chi connectivity index (χ0) is 21.0. The van der Waals surface area contributed by atoms with E-state index in [0.717, 1.165) is 25.7 Å². The van der Waals surface area contributed by atoms with Gasteiger partial charge in [-0.05, 0) is 88.0 Å². The molecule has 1 N–H and O–H groups in total. The maximum absolute atomic E-state index is 13.2. The number of rotatable bonds is 4. The van der Waals surface area contributed by atoms with Crippen molar-refractivity contribution in [2.75, 3.05) is 0 Å². The van der Waals surface area contributed by atoms with Gasteiger partial charge in [0.2, 0.25) is 0 Å². The Bertz CT molecular complexity index is 777. The van der Waals surface area contributed by atoms with Gasteiger partial charge in [0, 0.05) is 11.3 Å². The van der Waals surface area contributed by atoms with Crippen molar-refractivity contribution >= 4 is 11.6 Å². The van der Waals surface area contributed by atoms with Gasteiger partial charge < -0.3 is 5.11 Å². The zero-order valence-corrected chi connectivity index (χ0v) is 18.7. The van der Waals surface area contributed by atoms with Gasteiger partial charge >= 0.3 is 0 Å². The third-order valence-corrected chi connectivity index (χ3v) is 9.80. The second-order valence-corrected chi connectivity index (χ2v) is 10.8. The molecule has 0 aromatic heterocycles. The molecule has 0 aliphatic heterocycles. The van der Waals surface area contributed by atoms with Gasteiger partial charge in [0.05, 0.1) is 12.0 Å². The second-order valence-electron chi connectivity index (χ2n) is 10.8. The first-order valence-corrected chi connectivity index (χ1v) is 11.8. The van der Waals surface area contributed by atoms with E-state index < -0.39 is 11.0 Å². The zero-order valence-electron chi connectivity index (χ0n) is 18.7. The van der Waals surface area contributed by atoms with Crippen molar-refractivity contribution in [3.8, 4) is 0 Å². The van der Waals surface area contributed by atoms with E-state index in [-0.39, 0.29) is 35.2 Å². The summed E-state index contributed by atoms with van der Waals surface area (Å²) in [6.45, 7) is 8.21. The van der Waals surface area contributed by atoms with Gasteiger partial charge in [0.15, 0.2) is 5.78 Å². The average Bonchev–Trinajstić information content (AvgIpc) is 2.98. The molecule has 0 radical (unpaired) electrons. The highest BCUT2D eigenvalue weighted by molar-refractivity contribution is 6.08. The normalized spacial score (nSPS) is 44.4. The number of Topliss-reactive ketones (excluding diaryl/α,β-unsaturated/α-hetero) is 2. The molecule has 0 saturated heterocycles. The van der Waals surface area contributed by atoms with Gasteiger partial charge in [-0.15, -0.1) is 0 Å². The Labute approximate surface area is 176 Å². The Morgan fingerprint density at radius 3 is 2.62 bits per heavy atom. The van der Waals surface area contributed by atoms with E-state index in [1.807, 2.05) is 6.92 Å². The van der Waals surface area contributed by atoms with Gasteiger partial charge in [-0.25, -0.2) is 0 Å². The second kappa shape index (κ2) is 7.18. The fourth-order valence-electron chi connectivity index (χ4n) is 7.76. The molecule has 0 aromatic carbocycles. The number of fused-ring (bicyclic) bond motifs is 5. The predicted molar refractivity (Wildman–Crippen MR) is 115 cm³/mol. The lowest BCUT2D eigenvalue weighted by Crippen LogP contribution is -2.60. The van der Waals surface area contributed by atoms with Gasteiger partial charge in [0.1, 0.15) is 5.78 Å². The molecule has 160 valence electrons. The van der Waals surface area contributed by atoms with Crippen LogP contribution in [0.15, 0.2) is 23.3 Å². The molecule has 4 aliphatic rings. The van der Waals surface area contributed by atoms with E-state index in [4.69, 9.17) is 0 Å². The number of aliphatic hydroxyl groups is 1. The van der Waals surface area contributed by atoms with Crippen molar-refractivity contribution in [1.29, 1.82) is 0 Å². The summed E-state index contributed by atoms with van der Waals surface area (Å²) in [5, 5.41) is 12.1. The SMILES string of the molecule is C/C=C(\C)C(=O)CC(=O)[C@H]1CC[C@]2(O)[C@@H]3CC=C4CCCC[C@]4(C)[C@H]3CC[C@]12C. The van der Waals surface area contributed by atoms with Crippen LogP contribution in [0.4, 0.5) is 0 Å². The molecule has 6 atom stereocenters. The third kappa shape index (κ3) is 2.94. The molecule has 0 heterocycles. The minimum atomic E-state index is -0.780. The number of carbonyl (C=O) groups excluding carboxylic acids is 2. The van der Waals surface area contributed by atoms with Crippen LogP contribution < -0.4 is 0 Å². The van der Waals surface area contributed by atoms with Gasteiger partial charge in [-0.1, -0.05) is 38.0 Å². The molecule has 0 bridgehead atoms. The fraction of sp³-hybridized carbons (Fsp3) is 0.769. The summed E-state index contributed by atoms with van der Waals surface area (Å²) in [5.41, 5.74) is 1.36. The summed E-state index contributed by atoms with van der Waals surface area (Å²) >= 11 is 0. The Kier molecular flexibility index (Phi) is 5.21. The molecular weight excluding hydrogens is 360 g/mol. The van der Waals surface area contributed by atoms with Crippen LogP contribution in [0.2, 0.25) is 0 Å². The molecule has 3 fully saturated rings. The molecule has 4 aliphatic carbocycles. The van der Waals surface area contributed by atoms with Crippen LogP contribution in [0.25, 0.3) is 0 Å². The average molecular weight is 399 g/mol. The summed E-state index contributed by atoms with van der Waals surface area (Å²) in [6, 6.07) is 0. The molecule has 3 saturated carbocycles. The van der Waals surface area contributed by atoms with Crippen LogP contribution in [0.5, 0.6) is 0 Å². The molecule has 29 heavy (non-hydrogen) atoms. The Morgan fingerprint density at radius 2 is 1.90 bits per heavy atom. The quantitative estimate of drug-likeness (QED) is 0.383. The first kappa shape index (κ1) is 21.0. The lowest BCUT2D eigenvalue weighted by Gasteiger charge is -2.60. The van der Waals surface area contributed by atoms with Crippen molar-refractivity contribution in [3.63, 3.8) is 0 Å². The highest BCUT2D eigenvalue weighted by Gasteiger charge is 2.67. The lowest BCUT2D eigenvalue weighted by atomic mass is 9.45. The molecule has 0 unspecified atom stereocenters. The summed E-state index contributed by atoms with van der Waals surface area (Å²) in [7, 11) is 0. The van der Waals surface area contributed by atoms with E-state index in [0.29, 0.717) is 17.9 Å². The molecule has 0 spiro atoms. The standard InChI is InChI=1S/C26H38O3/c1-5-17(2)22(27)16-23(28)21-12-15-26(29)20-10-9-18-8-6-7-13-24(18,3)19(20)11-14-25(21,26)4/h5,9,19-21,29H,6-8,10-16H2,1-4H3/b17-5+/t19-,20+,21+,24-,25+,26-/m0/s1. The summed E-state index contributed by atoms with van der Waals surface area (Å²) in [6.07, 6.45) is 13.7. The first-order chi connectivity index (χ1) is 13.7. The topological polar surface area (TPSA) is 54.4 Å². The van der Waals surface area contributed by atoms with Crippen LogP contribution >= 0.6 is 0 Å². The van der Waals surface area contributed by atoms with Crippen LogP contribution in [-0.2, 0) is 9.59 Å². The molecule has 4 rings (SSSR count). The molecule has 3 nitrogen and oxygen atoms in total. The van der Waals surface area contributed by atoms with Crippen LogP contribution in [-0.4, -0.2) is 22.3 Å². The van der Waals surface area contributed by atoms with Crippen LogP contribution in [0.1, 0.15) is 91.9 Å². The third-order valence-electron chi connectivity index (χ3n) is 9.80. The molecular formula is C26H38O3. The minimum absolute atomic E-state index is 0.0115. The Hall–Kier alpha value is -1.22. The van der Waals surface area contributed by atoms with Gasteiger partial charge in [0.25, 0.3) is 0 Å². The Morgan fingerprint density at radius 1 is 1.14 bits per heavy atom. The fourth-order valence-corrected chi connectivity index (χ4v) is 7.76. The number of hydrogen-bond donors (Lipinski definition) is 1. The van der Waals surface area contributed by atoms with Crippen molar-refractivity contribution in [3.05, 3.63) is 23.3 Å². The Balaban J connectivity index is 1.61. The van der Waals surface area contributed by atoms with E-state index in [2.05, 4.69) is 19.9 Å². The molecule has 0 aromatic rings. The lowest BCUT2D eigenvalue weighted by molar-refractivity contribution is -0.180. The number of allylic oxidation sites excluding steroid dienone is 4. The van der Waals surface area contributed by atoms with E-state index in [9.17, 15) is 14.7 Å². The van der Waals surface area contributed by atoms with Crippen molar-refractivity contribution in [1.82, 2.24) is 0 Å². The van der Waals surface area contributed by atoms with E-state index >= 15 is 0 Å². The van der Waals surface area contributed by atoms with E-state index in [1.165, 1.54) is 25.7 Å².